The van der Waals surface area contributed by atoms with Crippen LogP contribution < -0.4 is 10.6 Å². The van der Waals surface area contributed by atoms with Gasteiger partial charge in [-0.2, -0.15) is 0 Å². The molecule has 0 radical (unpaired) electrons. The van der Waals surface area contributed by atoms with E-state index in [0.717, 1.165) is 43.5 Å². The number of methoxy groups -OCH3 is 1. The molecule has 112 valence electrons. The summed E-state index contributed by atoms with van der Waals surface area (Å²) in [5.41, 5.74) is -0.240. The summed E-state index contributed by atoms with van der Waals surface area (Å²) < 4.78 is 11.0. The molecule has 1 aromatic rings. The molecule has 2 heterocycles. The molecule has 1 aliphatic heterocycles. The van der Waals surface area contributed by atoms with Crippen molar-refractivity contribution < 1.29 is 9.47 Å². The lowest BCUT2D eigenvalue weighted by Gasteiger charge is -2.26. The molecular weight excluding hydrogens is 256 g/mol. The third-order valence-electron chi connectivity index (χ3n) is 3.54. The summed E-state index contributed by atoms with van der Waals surface area (Å²) in [5.74, 6) is 2.52. The highest BCUT2D eigenvalue weighted by Gasteiger charge is 2.34. The monoisotopic (exact) mass is 280 g/mol. The second-order valence-electron chi connectivity index (χ2n) is 4.98. The van der Waals surface area contributed by atoms with Crippen molar-refractivity contribution >= 4 is 11.6 Å². The molecule has 1 aliphatic rings. The molecule has 0 bridgehead atoms. The highest BCUT2D eigenvalue weighted by molar-refractivity contribution is 5.47. The summed E-state index contributed by atoms with van der Waals surface area (Å²) in [6.45, 7) is 7.02. The summed E-state index contributed by atoms with van der Waals surface area (Å²) in [6, 6.07) is 1.93. The third kappa shape index (κ3) is 3.58. The van der Waals surface area contributed by atoms with Gasteiger partial charge in [-0.25, -0.2) is 9.97 Å². The number of aryl methyl sites for hydroxylation is 1. The molecule has 6 heteroatoms. The van der Waals surface area contributed by atoms with Gasteiger partial charge >= 0.3 is 0 Å². The standard InChI is InChI=1S/C14H24N4O2/c1-4-11-17-12(15-5-2)8-13(18-11)16-9-14(19-3)6-7-20-10-14/h8H,4-7,9-10H2,1-3H3,(H2,15,16,17,18). The van der Waals surface area contributed by atoms with E-state index in [0.29, 0.717) is 13.2 Å². The van der Waals surface area contributed by atoms with E-state index in [9.17, 15) is 0 Å². The number of hydrogen-bond donors (Lipinski definition) is 2. The molecule has 0 spiro atoms. The lowest BCUT2D eigenvalue weighted by atomic mass is 10.0. The van der Waals surface area contributed by atoms with E-state index in [4.69, 9.17) is 9.47 Å². The molecule has 1 unspecified atom stereocenters. The normalized spacial score (nSPS) is 21.9. The summed E-state index contributed by atoms with van der Waals surface area (Å²) in [6.07, 6.45) is 1.72. The Kier molecular flexibility index (Phi) is 5.14. The Bertz CT molecular complexity index is 433. The molecule has 0 aromatic carbocycles. The highest BCUT2D eigenvalue weighted by atomic mass is 16.5. The topological polar surface area (TPSA) is 68.3 Å². The lowest BCUT2D eigenvalue weighted by molar-refractivity contribution is -0.00625. The second-order valence-corrected chi connectivity index (χ2v) is 4.98. The number of hydrogen-bond acceptors (Lipinski definition) is 6. The minimum absolute atomic E-state index is 0.240. The van der Waals surface area contributed by atoms with E-state index in [1.165, 1.54) is 0 Å². The summed E-state index contributed by atoms with van der Waals surface area (Å²) in [7, 11) is 1.73. The van der Waals surface area contributed by atoms with Crippen molar-refractivity contribution in [3.63, 3.8) is 0 Å². The number of rotatable bonds is 7. The zero-order chi connectivity index (χ0) is 14.4. The predicted molar refractivity (Wildman–Crippen MR) is 79.2 cm³/mol. The quantitative estimate of drug-likeness (QED) is 0.792. The van der Waals surface area contributed by atoms with E-state index >= 15 is 0 Å². The van der Waals surface area contributed by atoms with Crippen LogP contribution in [0.1, 0.15) is 26.1 Å². The van der Waals surface area contributed by atoms with Gasteiger partial charge in [0.25, 0.3) is 0 Å². The fraction of sp³-hybridized carbons (Fsp3) is 0.714. The van der Waals surface area contributed by atoms with Crippen LogP contribution in [0.4, 0.5) is 11.6 Å². The van der Waals surface area contributed by atoms with Crippen LogP contribution in [0.25, 0.3) is 0 Å². The number of nitrogens with zero attached hydrogens (tertiary/aromatic N) is 2. The average Bonchev–Trinajstić information content (AvgIpc) is 2.95. The van der Waals surface area contributed by atoms with E-state index in [-0.39, 0.29) is 5.60 Å². The van der Waals surface area contributed by atoms with Crippen LogP contribution in [0.15, 0.2) is 6.07 Å². The first kappa shape index (κ1) is 15.0. The van der Waals surface area contributed by atoms with Gasteiger partial charge < -0.3 is 20.1 Å². The Morgan fingerprint density at radius 3 is 2.60 bits per heavy atom. The maximum absolute atomic E-state index is 5.61. The molecule has 2 N–H and O–H groups in total. The van der Waals surface area contributed by atoms with E-state index < -0.39 is 0 Å². The van der Waals surface area contributed by atoms with Gasteiger partial charge in [-0.15, -0.1) is 0 Å². The van der Waals surface area contributed by atoms with Crippen LogP contribution in [0.3, 0.4) is 0 Å². The van der Waals surface area contributed by atoms with Crippen molar-refractivity contribution in [2.24, 2.45) is 0 Å². The molecule has 2 rings (SSSR count). The van der Waals surface area contributed by atoms with Gasteiger partial charge in [0.2, 0.25) is 0 Å². The SMILES string of the molecule is CCNc1cc(NCC2(OC)CCOC2)nc(CC)n1. The number of ether oxygens (including phenoxy) is 2. The van der Waals surface area contributed by atoms with Crippen molar-refractivity contribution in [3.8, 4) is 0 Å². The Hall–Kier alpha value is -1.40. The molecule has 1 fully saturated rings. The van der Waals surface area contributed by atoms with Crippen LogP contribution in [-0.4, -0.2) is 49.0 Å². The van der Waals surface area contributed by atoms with Crippen LogP contribution >= 0.6 is 0 Å². The minimum Gasteiger partial charge on any atom is -0.378 e. The molecular formula is C14H24N4O2. The summed E-state index contributed by atoms with van der Waals surface area (Å²) in [4.78, 5) is 8.94. The molecule has 0 amide bonds. The lowest BCUT2D eigenvalue weighted by Crippen LogP contribution is -2.39. The Balaban J connectivity index is 2.06. The highest BCUT2D eigenvalue weighted by Crippen LogP contribution is 2.23. The minimum atomic E-state index is -0.240. The van der Waals surface area contributed by atoms with Crippen LogP contribution in [0.2, 0.25) is 0 Å². The van der Waals surface area contributed by atoms with E-state index in [1.807, 2.05) is 6.07 Å². The van der Waals surface area contributed by atoms with Gasteiger partial charge in [0, 0.05) is 45.7 Å². The van der Waals surface area contributed by atoms with Crippen LogP contribution in [-0.2, 0) is 15.9 Å². The van der Waals surface area contributed by atoms with Gasteiger partial charge in [0.05, 0.1) is 6.61 Å². The van der Waals surface area contributed by atoms with Crippen molar-refractivity contribution in [2.75, 3.05) is 44.0 Å². The summed E-state index contributed by atoms with van der Waals surface area (Å²) in [5, 5.41) is 6.58. The largest absolute Gasteiger partial charge is 0.378 e. The molecule has 0 aliphatic carbocycles. The first-order valence-corrected chi connectivity index (χ1v) is 7.20. The van der Waals surface area contributed by atoms with Crippen molar-refractivity contribution in [1.82, 2.24) is 9.97 Å². The van der Waals surface area contributed by atoms with Crippen LogP contribution in [0.5, 0.6) is 0 Å². The predicted octanol–water partition coefficient (Wildman–Crippen LogP) is 1.69. The smallest absolute Gasteiger partial charge is 0.132 e. The average molecular weight is 280 g/mol. The molecule has 1 saturated heterocycles. The zero-order valence-electron chi connectivity index (χ0n) is 12.5. The van der Waals surface area contributed by atoms with Crippen molar-refractivity contribution in [2.45, 2.75) is 32.3 Å². The molecule has 1 atom stereocenters. The Morgan fingerprint density at radius 1 is 1.30 bits per heavy atom. The van der Waals surface area contributed by atoms with Gasteiger partial charge in [-0.1, -0.05) is 6.92 Å². The van der Waals surface area contributed by atoms with E-state index in [2.05, 4.69) is 34.4 Å². The maximum atomic E-state index is 5.61. The molecule has 6 nitrogen and oxygen atoms in total. The van der Waals surface area contributed by atoms with E-state index in [1.54, 1.807) is 7.11 Å². The molecule has 0 saturated carbocycles. The second kappa shape index (κ2) is 6.85. The van der Waals surface area contributed by atoms with Crippen molar-refractivity contribution in [3.05, 3.63) is 11.9 Å². The fourth-order valence-electron chi connectivity index (χ4n) is 2.23. The maximum Gasteiger partial charge on any atom is 0.132 e. The number of aromatic nitrogens is 2. The number of nitrogens with one attached hydrogen (secondary N) is 2. The Morgan fingerprint density at radius 2 is 2.05 bits per heavy atom. The molecule has 20 heavy (non-hydrogen) atoms. The molecule has 1 aromatic heterocycles. The van der Waals surface area contributed by atoms with Gasteiger partial charge in [-0.3, -0.25) is 0 Å². The fourth-order valence-corrected chi connectivity index (χ4v) is 2.23. The first-order chi connectivity index (χ1) is 9.71. The zero-order valence-corrected chi connectivity index (χ0v) is 12.5. The van der Waals surface area contributed by atoms with Gasteiger partial charge in [0.15, 0.2) is 0 Å². The Labute approximate surface area is 120 Å². The third-order valence-corrected chi connectivity index (χ3v) is 3.54. The van der Waals surface area contributed by atoms with Gasteiger partial charge in [-0.05, 0) is 6.92 Å². The first-order valence-electron chi connectivity index (χ1n) is 7.20. The van der Waals surface area contributed by atoms with Crippen molar-refractivity contribution in [1.29, 1.82) is 0 Å². The number of anilines is 2. The van der Waals surface area contributed by atoms with Crippen LogP contribution in [0, 0.1) is 0 Å². The van der Waals surface area contributed by atoms with Gasteiger partial charge in [0.1, 0.15) is 23.1 Å². The summed E-state index contributed by atoms with van der Waals surface area (Å²) >= 11 is 0.